The minimum Gasteiger partial charge on any atom is -0.326 e. The summed E-state index contributed by atoms with van der Waals surface area (Å²) >= 11 is 6.16. The van der Waals surface area contributed by atoms with Crippen molar-refractivity contribution >= 4 is 17.4 Å². The van der Waals surface area contributed by atoms with Crippen LogP contribution in [0.1, 0.15) is 40.7 Å². The predicted molar refractivity (Wildman–Crippen MR) is 102 cm³/mol. The molecule has 0 aliphatic carbocycles. The van der Waals surface area contributed by atoms with Crippen molar-refractivity contribution in [2.75, 3.05) is 0 Å². The first kappa shape index (κ1) is 19.2. The van der Waals surface area contributed by atoms with Gasteiger partial charge in [-0.15, -0.1) is 0 Å². The van der Waals surface area contributed by atoms with E-state index in [2.05, 4.69) is 10.1 Å². The normalized spacial score (nSPS) is 13.3. The Morgan fingerprint density at radius 3 is 2.74 bits per heavy atom. The molecule has 0 amide bonds. The molecular weight excluding hydrogens is 367 g/mol. The SMILES string of the molecule is CC[C@H](c1ccc(Cl)c(C(=O)c2cccnc2)c1F)C(N)Cn1cccn1. The fourth-order valence-corrected chi connectivity index (χ4v) is 3.44. The van der Waals surface area contributed by atoms with Crippen LogP contribution in [0.4, 0.5) is 4.39 Å². The Hall–Kier alpha value is -2.57. The van der Waals surface area contributed by atoms with E-state index in [1.54, 1.807) is 47.4 Å². The van der Waals surface area contributed by atoms with Crippen LogP contribution in [-0.4, -0.2) is 26.6 Å². The highest BCUT2D eigenvalue weighted by Crippen LogP contribution is 2.32. The summed E-state index contributed by atoms with van der Waals surface area (Å²) in [5, 5.41) is 4.22. The van der Waals surface area contributed by atoms with E-state index >= 15 is 4.39 Å². The summed E-state index contributed by atoms with van der Waals surface area (Å²) in [6.07, 6.45) is 7.03. The van der Waals surface area contributed by atoms with Crippen LogP contribution < -0.4 is 5.73 Å². The van der Waals surface area contributed by atoms with Crippen molar-refractivity contribution in [3.8, 4) is 0 Å². The van der Waals surface area contributed by atoms with Gasteiger partial charge < -0.3 is 5.73 Å². The second-order valence-electron chi connectivity index (χ2n) is 6.30. The number of pyridine rings is 1. The molecule has 0 saturated carbocycles. The Kier molecular flexibility index (Phi) is 5.98. The van der Waals surface area contributed by atoms with Crippen molar-refractivity contribution in [1.29, 1.82) is 0 Å². The van der Waals surface area contributed by atoms with Gasteiger partial charge >= 0.3 is 0 Å². The van der Waals surface area contributed by atoms with Crippen LogP contribution in [0.15, 0.2) is 55.1 Å². The lowest BCUT2D eigenvalue weighted by Gasteiger charge is -2.24. The van der Waals surface area contributed by atoms with E-state index in [0.29, 0.717) is 18.5 Å². The van der Waals surface area contributed by atoms with E-state index in [1.165, 1.54) is 6.20 Å². The van der Waals surface area contributed by atoms with E-state index < -0.39 is 11.6 Å². The highest BCUT2D eigenvalue weighted by Gasteiger charge is 2.27. The highest BCUT2D eigenvalue weighted by molar-refractivity contribution is 6.35. The molecule has 0 radical (unpaired) electrons. The zero-order valence-corrected chi connectivity index (χ0v) is 15.6. The van der Waals surface area contributed by atoms with Gasteiger partial charge in [0.25, 0.3) is 0 Å². The van der Waals surface area contributed by atoms with E-state index in [1.807, 2.05) is 13.1 Å². The molecule has 5 nitrogen and oxygen atoms in total. The Morgan fingerprint density at radius 2 is 2.11 bits per heavy atom. The van der Waals surface area contributed by atoms with E-state index in [9.17, 15) is 4.79 Å². The summed E-state index contributed by atoms with van der Waals surface area (Å²) in [6.45, 7) is 2.38. The zero-order chi connectivity index (χ0) is 19.4. The summed E-state index contributed by atoms with van der Waals surface area (Å²) in [6, 6.07) is 7.80. The van der Waals surface area contributed by atoms with Gasteiger partial charge in [-0.1, -0.05) is 24.6 Å². The number of carbonyl (C=O) groups is 1. The molecule has 0 fully saturated rings. The van der Waals surface area contributed by atoms with Gasteiger partial charge in [-0.3, -0.25) is 14.5 Å². The number of hydrogen-bond donors (Lipinski definition) is 1. The number of halogens is 2. The first-order chi connectivity index (χ1) is 13.0. The Labute approximate surface area is 162 Å². The third-order valence-electron chi connectivity index (χ3n) is 4.58. The molecule has 2 heterocycles. The van der Waals surface area contributed by atoms with Crippen LogP contribution >= 0.6 is 11.6 Å². The summed E-state index contributed by atoms with van der Waals surface area (Å²) in [4.78, 5) is 16.7. The Balaban J connectivity index is 1.97. The second kappa shape index (κ2) is 8.41. The molecule has 2 aromatic heterocycles. The van der Waals surface area contributed by atoms with Gasteiger partial charge in [-0.25, -0.2) is 4.39 Å². The lowest BCUT2D eigenvalue weighted by Crippen LogP contribution is -2.33. The molecule has 2 N–H and O–H groups in total. The number of hydrogen-bond acceptors (Lipinski definition) is 4. The molecule has 0 aliphatic heterocycles. The van der Waals surface area contributed by atoms with Gasteiger partial charge in [0.15, 0.2) is 5.78 Å². The molecule has 2 atom stereocenters. The first-order valence-corrected chi connectivity index (χ1v) is 9.06. The summed E-state index contributed by atoms with van der Waals surface area (Å²) < 4.78 is 17.1. The number of carbonyl (C=O) groups excluding carboxylic acids is 1. The third kappa shape index (κ3) is 4.07. The van der Waals surface area contributed by atoms with Crippen molar-refractivity contribution < 1.29 is 9.18 Å². The fraction of sp³-hybridized carbons (Fsp3) is 0.250. The smallest absolute Gasteiger partial charge is 0.199 e. The lowest BCUT2D eigenvalue weighted by molar-refractivity contribution is 0.103. The fourth-order valence-electron chi connectivity index (χ4n) is 3.21. The van der Waals surface area contributed by atoms with Crippen LogP contribution in [0.2, 0.25) is 5.02 Å². The number of nitrogens with two attached hydrogens (primary N) is 1. The Bertz CT molecular complexity index is 915. The number of ketones is 1. The van der Waals surface area contributed by atoms with Crippen LogP contribution in [0.25, 0.3) is 0 Å². The number of rotatable bonds is 7. The molecule has 7 heteroatoms. The minimum atomic E-state index is -0.626. The lowest BCUT2D eigenvalue weighted by atomic mass is 9.87. The highest BCUT2D eigenvalue weighted by atomic mass is 35.5. The average Bonchev–Trinajstić information content (AvgIpc) is 3.17. The maximum atomic E-state index is 15.3. The standard InChI is InChI=1S/C20H20ClFN4O/c1-2-14(17(23)12-26-10-4-9-25-26)15-6-7-16(21)18(19(15)22)20(27)13-5-3-8-24-11-13/h3-11,14,17H,2,12,23H2,1H3/t14-,17?/m1/s1. The molecule has 3 rings (SSSR count). The number of aromatic nitrogens is 3. The molecule has 140 valence electrons. The van der Waals surface area contributed by atoms with Crippen molar-refractivity contribution in [3.63, 3.8) is 0 Å². The van der Waals surface area contributed by atoms with E-state index in [4.69, 9.17) is 17.3 Å². The van der Waals surface area contributed by atoms with Crippen LogP contribution in [-0.2, 0) is 6.54 Å². The van der Waals surface area contributed by atoms with Crippen LogP contribution in [0.3, 0.4) is 0 Å². The number of benzene rings is 1. The second-order valence-corrected chi connectivity index (χ2v) is 6.71. The monoisotopic (exact) mass is 386 g/mol. The minimum absolute atomic E-state index is 0.0700. The summed E-state index contributed by atoms with van der Waals surface area (Å²) in [5.41, 5.74) is 6.86. The average molecular weight is 387 g/mol. The van der Waals surface area contributed by atoms with E-state index in [-0.39, 0.29) is 28.1 Å². The molecular formula is C20H20ClFN4O. The molecule has 0 saturated heterocycles. The molecule has 1 unspecified atom stereocenters. The molecule has 1 aromatic carbocycles. The molecule has 0 aliphatic rings. The Morgan fingerprint density at radius 1 is 1.30 bits per heavy atom. The molecule has 3 aromatic rings. The summed E-state index contributed by atoms with van der Waals surface area (Å²) in [7, 11) is 0. The number of nitrogens with zero attached hydrogens (tertiary/aromatic N) is 3. The van der Waals surface area contributed by atoms with Crippen molar-refractivity contribution in [2.24, 2.45) is 5.73 Å². The van der Waals surface area contributed by atoms with Gasteiger partial charge in [0, 0.05) is 42.3 Å². The van der Waals surface area contributed by atoms with Crippen molar-refractivity contribution in [1.82, 2.24) is 14.8 Å². The predicted octanol–water partition coefficient (Wildman–Crippen LogP) is 3.82. The van der Waals surface area contributed by atoms with Gasteiger partial charge in [-0.05, 0) is 36.2 Å². The van der Waals surface area contributed by atoms with Gasteiger partial charge in [0.1, 0.15) is 5.82 Å². The van der Waals surface area contributed by atoms with Gasteiger partial charge in [-0.2, -0.15) is 5.10 Å². The molecule has 0 bridgehead atoms. The van der Waals surface area contributed by atoms with Crippen LogP contribution in [0, 0.1) is 5.82 Å². The van der Waals surface area contributed by atoms with Crippen LogP contribution in [0.5, 0.6) is 0 Å². The van der Waals surface area contributed by atoms with Gasteiger partial charge in [0.05, 0.1) is 17.1 Å². The topological polar surface area (TPSA) is 73.8 Å². The maximum Gasteiger partial charge on any atom is 0.199 e. The first-order valence-electron chi connectivity index (χ1n) is 8.68. The maximum absolute atomic E-state index is 15.3. The van der Waals surface area contributed by atoms with Gasteiger partial charge in [0.2, 0.25) is 0 Å². The molecule has 27 heavy (non-hydrogen) atoms. The quantitative estimate of drug-likeness (QED) is 0.626. The van der Waals surface area contributed by atoms with Crippen molar-refractivity contribution in [2.45, 2.75) is 31.8 Å². The molecule has 0 spiro atoms. The zero-order valence-electron chi connectivity index (χ0n) is 14.8. The summed E-state index contributed by atoms with van der Waals surface area (Å²) in [5.74, 6) is -1.41. The van der Waals surface area contributed by atoms with Crippen molar-refractivity contribution in [3.05, 3.63) is 82.6 Å². The third-order valence-corrected chi connectivity index (χ3v) is 4.90. The van der Waals surface area contributed by atoms with E-state index in [0.717, 1.165) is 0 Å². The largest absolute Gasteiger partial charge is 0.326 e.